The fourth-order valence-corrected chi connectivity index (χ4v) is 5.15. The van der Waals surface area contributed by atoms with Crippen LogP contribution in [0.5, 0.6) is 5.75 Å². The van der Waals surface area contributed by atoms with Crippen molar-refractivity contribution in [3.8, 4) is 5.75 Å². The standard InChI is InChI=1S/C21H22ClNO4S/c1-27-17-7-9-18(10-8-17)28(25,26)19-12-14-23(15-13-19)21(24)11-6-16-4-2-3-5-20(16)22/h2-11,19H,12-15H2,1H3/b11-6+. The number of carbonyl (C=O) groups is 1. The SMILES string of the molecule is COc1ccc(S(=O)(=O)C2CCN(C(=O)/C=C/c3ccccc3Cl)CC2)cc1. The zero-order chi connectivity index (χ0) is 20.1. The van der Waals surface area contributed by atoms with E-state index < -0.39 is 15.1 Å². The molecule has 1 fully saturated rings. The first-order valence-electron chi connectivity index (χ1n) is 9.01. The van der Waals surface area contributed by atoms with Gasteiger partial charge in [-0.25, -0.2) is 8.42 Å². The highest BCUT2D eigenvalue weighted by Gasteiger charge is 2.32. The van der Waals surface area contributed by atoms with Crippen molar-refractivity contribution in [3.63, 3.8) is 0 Å². The van der Waals surface area contributed by atoms with Crippen molar-refractivity contribution in [1.82, 2.24) is 4.90 Å². The van der Waals surface area contributed by atoms with E-state index in [0.29, 0.717) is 36.7 Å². The molecule has 0 saturated carbocycles. The molecule has 0 atom stereocenters. The highest BCUT2D eigenvalue weighted by Crippen LogP contribution is 2.26. The fraction of sp³-hybridized carbons (Fsp3) is 0.286. The number of hydrogen-bond donors (Lipinski definition) is 0. The van der Waals surface area contributed by atoms with Gasteiger partial charge in [-0.15, -0.1) is 0 Å². The number of benzene rings is 2. The van der Waals surface area contributed by atoms with E-state index in [1.54, 1.807) is 41.3 Å². The first-order chi connectivity index (χ1) is 13.4. The molecule has 0 N–H and O–H groups in total. The molecule has 1 aliphatic heterocycles. The van der Waals surface area contributed by atoms with Crippen LogP contribution in [0.1, 0.15) is 18.4 Å². The molecule has 0 radical (unpaired) electrons. The summed E-state index contributed by atoms with van der Waals surface area (Å²) in [6.45, 7) is 0.817. The van der Waals surface area contributed by atoms with Gasteiger partial charge in [-0.1, -0.05) is 29.8 Å². The Bertz CT molecular complexity index is 962. The van der Waals surface area contributed by atoms with E-state index in [9.17, 15) is 13.2 Å². The van der Waals surface area contributed by atoms with E-state index in [2.05, 4.69) is 0 Å². The summed E-state index contributed by atoms with van der Waals surface area (Å²) >= 11 is 6.09. The third-order valence-electron chi connectivity index (χ3n) is 4.89. The molecule has 3 rings (SSSR count). The smallest absolute Gasteiger partial charge is 0.246 e. The lowest BCUT2D eigenvalue weighted by atomic mass is 10.1. The van der Waals surface area contributed by atoms with E-state index in [1.807, 2.05) is 18.2 Å². The second-order valence-corrected chi connectivity index (χ2v) is 9.24. The second kappa shape index (κ2) is 8.80. The molecule has 2 aromatic carbocycles. The third-order valence-corrected chi connectivity index (χ3v) is 7.51. The van der Waals surface area contributed by atoms with Crippen LogP contribution in [0.2, 0.25) is 5.02 Å². The van der Waals surface area contributed by atoms with E-state index >= 15 is 0 Å². The topological polar surface area (TPSA) is 63.7 Å². The van der Waals surface area contributed by atoms with Crippen LogP contribution in [0.25, 0.3) is 6.08 Å². The second-order valence-electron chi connectivity index (χ2n) is 6.60. The molecule has 2 aromatic rings. The maximum absolute atomic E-state index is 12.8. The van der Waals surface area contributed by atoms with Crippen LogP contribution in [0, 0.1) is 0 Å². The molecule has 0 aliphatic carbocycles. The molecule has 0 unspecified atom stereocenters. The van der Waals surface area contributed by atoms with Crippen LogP contribution in [-0.4, -0.2) is 44.7 Å². The number of amides is 1. The first kappa shape index (κ1) is 20.4. The largest absolute Gasteiger partial charge is 0.497 e. The van der Waals surface area contributed by atoms with E-state index in [4.69, 9.17) is 16.3 Å². The summed E-state index contributed by atoms with van der Waals surface area (Å²) in [4.78, 5) is 14.4. The van der Waals surface area contributed by atoms with Crippen molar-refractivity contribution < 1.29 is 17.9 Å². The lowest BCUT2D eigenvalue weighted by Gasteiger charge is -2.31. The van der Waals surface area contributed by atoms with Crippen LogP contribution >= 0.6 is 11.6 Å². The molecule has 1 heterocycles. The maximum atomic E-state index is 12.8. The molecular weight excluding hydrogens is 398 g/mol. The molecule has 0 spiro atoms. The number of piperidine rings is 1. The van der Waals surface area contributed by atoms with Crippen molar-refractivity contribution in [1.29, 1.82) is 0 Å². The summed E-state index contributed by atoms with van der Waals surface area (Å²) < 4.78 is 30.8. The highest BCUT2D eigenvalue weighted by molar-refractivity contribution is 7.92. The fourth-order valence-electron chi connectivity index (χ4n) is 3.22. The average molecular weight is 420 g/mol. The van der Waals surface area contributed by atoms with Gasteiger partial charge in [0.15, 0.2) is 9.84 Å². The minimum atomic E-state index is -3.43. The molecule has 1 saturated heterocycles. The molecule has 1 aliphatic rings. The lowest BCUT2D eigenvalue weighted by Crippen LogP contribution is -2.41. The number of carbonyl (C=O) groups excluding carboxylic acids is 1. The Kier molecular flexibility index (Phi) is 6.42. The van der Waals surface area contributed by atoms with Gasteiger partial charge in [0.2, 0.25) is 5.91 Å². The summed E-state index contributed by atoms with van der Waals surface area (Å²) in [7, 11) is -1.89. The van der Waals surface area contributed by atoms with Crippen LogP contribution in [0.15, 0.2) is 59.5 Å². The van der Waals surface area contributed by atoms with Crippen LogP contribution in [0.3, 0.4) is 0 Å². The quantitative estimate of drug-likeness (QED) is 0.691. The van der Waals surface area contributed by atoms with Gasteiger partial charge in [0, 0.05) is 24.2 Å². The van der Waals surface area contributed by atoms with E-state index in [-0.39, 0.29) is 10.8 Å². The van der Waals surface area contributed by atoms with Crippen LogP contribution in [-0.2, 0) is 14.6 Å². The van der Waals surface area contributed by atoms with Gasteiger partial charge in [-0.05, 0) is 54.8 Å². The lowest BCUT2D eigenvalue weighted by molar-refractivity contribution is -0.126. The minimum absolute atomic E-state index is 0.139. The molecule has 5 nitrogen and oxygen atoms in total. The molecule has 0 bridgehead atoms. The van der Waals surface area contributed by atoms with Crippen molar-refractivity contribution in [2.45, 2.75) is 23.0 Å². The van der Waals surface area contributed by atoms with Gasteiger partial charge in [0.25, 0.3) is 0 Å². The summed E-state index contributed by atoms with van der Waals surface area (Å²) in [5.41, 5.74) is 0.773. The number of methoxy groups -OCH3 is 1. The van der Waals surface area contributed by atoms with Crippen LogP contribution in [0.4, 0.5) is 0 Å². The van der Waals surface area contributed by atoms with Crippen molar-refractivity contribution >= 4 is 33.4 Å². The summed E-state index contributed by atoms with van der Waals surface area (Å²) in [6.07, 6.45) is 4.00. The Labute approximate surface area is 170 Å². The maximum Gasteiger partial charge on any atom is 0.246 e. The van der Waals surface area contributed by atoms with Gasteiger partial charge in [-0.3, -0.25) is 4.79 Å². The van der Waals surface area contributed by atoms with E-state index in [1.165, 1.54) is 13.2 Å². The number of sulfone groups is 1. The number of rotatable bonds is 5. The predicted molar refractivity (Wildman–Crippen MR) is 110 cm³/mol. The molecule has 7 heteroatoms. The van der Waals surface area contributed by atoms with Gasteiger partial charge in [0.1, 0.15) is 5.75 Å². The van der Waals surface area contributed by atoms with E-state index in [0.717, 1.165) is 5.56 Å². The predicted octanol–water partition coefficient (Wildman–Crippen LogP) is 3.83. The van der Waals surface area contributed by atoms with Gasteiger partial charge in [-0.2, -0.15) is 0 Å². The number of ether oxygens (including phenoxy) is 1. The molecule has 28 heavy (non-hydrogen) atoms. The van der Waals surface area contributed by atoms with Crippen molar-refractivity contribution in [2.75, 3.05) is 20.2 Å². The Morgan fingerprint density at radius 1 is 1.11 bits per heavy atom. The van der Waals surface area contributed by atoms with Crippen molar-refractivity contribution in [3.05, 3.63) is 65.2 Å². The van der Waals surface area contributed by atoms with Gasteiger partial charge >= 0.3 is 0 Å². The normalized spacial score (nSPS) is 15.7. The summed E-state index contributed by atoms with van der Waals surface area (Å²) in [6, 6.07) is 13.7. The zero-order valence-electron chi connectivity index (χ0n) is 15.5. The number of halogens is 1. The average Bonchev–Trinajstić information content (AvgIpc) is 2.73. The zero-order valence-corrected chi connectivity index (χ0v) is 17.1. The summed E-state index contributed by atoms with van der Waals surface area (Å²) in [5.74, 6) is 0.477. The Hall–Kier alpha value is -2.31. The minimum Gasteiger partial charge on any atom is -0.497 e. The highest BCUT2D eigenvalue weighted by atomic mass is 35.5. The monoisotopic (exact) mass is 419 g/mol. The number of nitrogens with zero attached hydrogens (tertiary/aromatic N) is 1. The summed E-state index contributed by atoms with van der Waals surface area (Å²) in [5, 5.41) is 0.0911. The first-order valence-corrected chi connectivity index (χ1v) is 10.9. The molecular formula is C21H22ClNO4S. The Morgan fingerprint density at radius 3 is 2.36 bits per heavy atom. The number of hydrogen-bond acceptors (Lipinski definition) is 4. The molecule has 0 aromatic heterocycles. The van der Waals surface area contributed by atoms with Gasteiger partial charge < -0.3 is 9.64 Å². The van der Waals surface area contributed by atoms with Gasteiger partial charge in [0.05, 0.1) is 17.3 Å². The Balaban J connectivity index is 1.61. The molecule has 148 valence electrons. The van der Waals surface area contributed by atoms with Crippen LogP contribution < -0.4 is 4.74 Å². The Morgan fingerprint density at radius 2 is 1.75 bits per heavy atom. The van der Waals surface area contributed by atoms with Crippen molar-refractivity contribution in [2.24, 2.45) is 0 Å². The number of likely N-dealkylation sites (tertiary alicyclic amines) is 1. The third kappa shape index (κ3) is 4.56. The molecule has 1 amide bonds.